The number of likely N-dealkylation sites (N-methyl/N-ethyl adjacent to an activating group) is 1. The molecule has 1 atom stereocenters. The van der Waals surface area contributed by atoms with E-state index in [4.69, 9.17) is 4.74 Å². The van der Waals surface area contributed by atoms with Crippen molar-refractivity contribution in [2.75, 3.05) is 44.5 Å². The molecule has 1 unspecified atom stereocenters. The van der Waals surface area contributed by atoms with Crippen molar-refractivity contribution in [2.45, 2.75) is 10.8 Å². The number of benzene rings is 3. The number of azo groups is 1. The van der Waals surface area contributed by atoms with E-state index in [1.807, 2.05) is 50.2 Å². The van der Waals surface area contributed by atoms with E-state index >= 15 is 0 Å². The van der Waals surface area contributed by atoms with Crippen molar-refractivity contribution in [2.24, 2.45) is 10.2 Å². The van der Waals surface area contributed by atoms with Crippen molar-refractivity contribution in [1.29, 1.82) is 0 Å². The molecule has 0 bridgehead atoms. The van der Waals surface area contributed by atoms with Crippen LogP contribution in [0.3, 0.4) is 0 Å². The zero-order valence-electron chi connectivity index (χ0n) is 20.8. The summed E-state index contributed by atoms with van der Waals surface area (Å²) >= 11 is 2.09. The Hall–Kier alpha value is -3.47. The molecule has 0 aliphatic rings. The number of hydrogen-bond acceptors (Lipinski definition) is 6. The normalized spacial score (nSPS) is 11.7. The fourth-order valence-corrected chi connectivity index (χ4v) is 3.64. The van der Waals surface area contributed by atoms with E-state index in [0.717, 1.165) is 11.4 Å². The molecule has 0 aromatic heterocycles. The quantitative estimate of drug-likeness (QED) is 0.174. The first-order valence-electron chi connectivity index (χ1n) is 11.5. The van der Waals surface area contributed by atoms with Crippen molar-refractivity contribution in [3.63, 3.8) is 0 Å². The highest BCUT2D eigenvalue weighted by molar-refractivity contribution is 14.1. The lowest BCUT2D eigenvalue weighted by molar-refractivity contribution is -0.128. The van der Waals surface area contributed by atoms with Crippen LogP contribution in [0, 0.1) is 0 Å². The maximum Gasteiger partial charge on any atom is 0.255 e. The molecule has 0 radical (unpaired) electrons. The van der Waals surface area contributed by atoms with Crippen LogP contribution in [0.4, 0.5) is 22.7 Å². The summed E-state index contributed by atoms with van der Waals surface area (Å²) in [6.45, 7) is 2.73. The molecule has 3 aromatic carbocycles. The fourth-order valence-electron chi connectivity index (χ4n) is 3.16. The summed E-state index contributed by atoms with van der Waals surface area (Å²) in [6.07, 6.45) is 0. The lowest BCUT2D eigenvalue weighted by atomic mass is 10.2. The molecule has 8 nitrogen and oxygen atoms in total. The lowest BCUT2D eigenvalue weighted by Crippen LogP contribution is -2.34. The van der Waals surface area contributed by atoms with E-state index in [0.29, 0.717) is 35.8 Å². The second-order valence-electron chi connectivity index (χ2n) is 8.36. The van der Waals surface area contributed by atoms with Crippen LogP contribution < -0.4 is 15.0 Å². The van der Waals surface area contributed by atoms with Crippen LogP contribution in [0.5, 0.6) is 5.75 Å². The van der Waals surface area contributed by atoms with Gasteiger partial charge in [0, 0.05) is 38.1 Å². The van der Waals surface area contributed by atoms with Crippen LogP contribution in [0.1, 0.15) is 17.3 Å². The fraction of sp³-hybridized carbons (Fsp3) is 0.259. The molecular weight excluding hydrogens is 569 g/mol. The first kappa shape index (κ1) is 27.1. The largest absolute Gasteiger partial charge is 0.492 e. The number of ether oxygens (including phenoxy) is 1. The molecule has 0 fully saturated rings. The van der Waals surface area contributed by atoms with Gasteiger partial charge in [-0.15, -0.1) is 0 Å². The predicted octanol–water partition coefficient (Wildman–Crippen LogP) is 6.08. The standard InChI is InChI=1S/C27H30IN5O3/c1-19(28)27(35)33(4)17-18-36-25-15-5-20(6-16-25)26(34)29-21-7-9-22(10-8-21)30-31-23-11-13-24(14-12-23)32(2)3/h5-16,19H,17-18H2,1-4H3,(H,29,34). The van der Waals surface area contributed by atoms with Gasteiger partial charge in [0.25, 0.3) is 5.91 Å². The van der Waals surface area contributed by atoms with Crippen LogP contribution in [-0.2, 0) is 4.79 Å². The topological polar surface area (TPSA) is 86.6 Å². The molecule has 0 saturated heterocycles. The van der Waals surface area contributed by atoms with Gasteiger partial charge >= 0.3 is 0 Å². The number of amides is 2. The van der Waals surface area contributed by atoms with Crippen LogP contribution in [-0.4, -0.2) is 54.9 Å². The zero-order chi connectivity index (χ0) is 26.1. The second-order valence-corrected chi connectivity index (χ2v) is 10.2. The average molecular weight is 599 g/mol. The van der Waals surface area contributed by atoms with Crippen LogP contribution in [0.25, 0.3) is 0 Å². The number of nitrogens with zero attached hydrogens (tertiary/aromatic N) is 4. The number of nitrogens with one attached hydrogen (secondary N) is 1. The van der Waals surface area contributed by atoms with E-state index in [1.165, 1.54) is 0 Å². The van der Waals surface area contributed by atoms with Gasteiger partial charge in [0.1, 0.15) is 12.4 Å². The minimum Gasteiger partial charge on any atom is -0.492 e. The zero-order valence-corrected chi connectivity index (χ0v) is 23.0. The van der Waals surface area contributed by atoms with Gasteiger partial charge in [-0.2, -0.15) is 10.2 Å². The molecule has 9 heteroatoms. The summed E-state index contributed by atoms with van der Waals surface area (Å²) in [7, 11) is 5.73. The Morgan fingerprint density at radius 3 is 1.97 bits per heavy atom. The van der Waals surface area contributed by atoms with E-state index in [9.17, 15) is 9.59 Å². The van der Waals surface area contributed by atoms with Gasteiger partial charge < -0.3 is 19.9 Å². The molecule has 2 amide bonds. The van der Waals surface area contributed by atoms with Gasteiger partial charge in [-0.05, 0) is 79.7 Å². The van der Waals surface area contributed by atoms with Crippen LogP contribution in [0.2, 0.25) is 0 Å². The highest BCUT2D eigenvalue weighted by atomic mass is 127. The van der Waals surface area contributed by atoms with Crippen molar-refractivity contribution < 1.29 is 14.3 Å². The Balaban J connectivity index is 1.49. The third kappa shape index (κ3) is 8.04. The van der Waals surface area contributed by atoms with Crippen molar-refractivity contribution in [3.8, 4) is 5.75 Å². The minimum atomic E-state index is -0.224. The second kappa shape index (κ2) is 13.0. The van der Waals surface area contributed by atoms with Gasteiger partial charge in [-0.1, -0.05) is 22.6 Å². The summed E-state index contributed by atoms with van der Waals surface area (Å²) in [5, 5.41) is 11.4. The summed E-state index contributed by atoms with van der Waals surface area (Å²) in [6, 6.07) is 21.9. The maximum absolute atomic E-state index is 12.6. The van der Waals surface area contributed by atoms with Crippen molar-refractivity contribution in [1.82, 2.24) is 4.90 Å². The Kier molecular flexibility index (Phi) is 9.80. The molecule has 0 saturated carbocycles. The molecule has 1 N–H and O–H groups in total. The Bertz CT molecular complexity index is 1180. The lowest BCUT2D eigenvalue weighted by Gasteiger charge is -2.18. The van der Waals surface area contributed by atoms with Crippen molar-refractivity contribution >= 4 is 57.2 Å². The van der Waals surface area contributed by atoms with E-state index in [1.54, 1.807) is 60.5 Å². The van der Waals surface area contributed by atoms with E-state index < -0.39 is 0 Å². The van der Waals surface area contributed by atoms with E-state index in [2.05, 4.69) is 38.1 Å². The van der Waals surface area contributed by atoms with E-state index in [-0.39, 0.29) is 15.7 Å². The number of hydrogen-bond donors (Lipinski definition) is 1. The van der Waals surface area contributed by atoms with Crippen LogP contribution in [0.15, 0.2) is 83.0 Å². The molecular formula is C27H30IN5O3. The van der Waals surface area contributed by atoms with Gasteiger partial charge in [-0.3, -0.25) is 9.59 Å². The molecule has 188 valence electrons. The van der Waals surface area contributed by atoms with Gasteiger partial charge in [0.15, 0.2) is 0 Å². The summed E-state index contributed by atoms with van der Waals surface area (Å²) in [5.41, 5.74) is 3.72. The molecule has 0 spiro atoms. The third-order valence-corrected chi connectivity index (χ3v) is 5.83. The third-order valence-electron chi connectivity index (χ3n) is 5.30. The minimum absolute atomic E-state index is 0.0669. The molecule has 3 rings (SSSR count). The number of alkyl halides is 1. The number of rotatable bonds is 10. The average Bonchev–Trinajstić information content (AvgIpc) is 2.88. The Morgan fingerprint density at radius 2 is 1.44 bits per heavy atom. The summed E-state index contributed by atoms with van der Waals surface area (Å²) < 4.78 is 5.62. The van der Waals surface area contributed by atoms with Gasteiger partial charge in [0.2, 0.25) is 5.91 Å². The number of anilines is 2. The number of halogens is 1. The van der Waals surface area contributed by atoms with Gasteiger partial charge in [-0.25, -0.2) is 0 Å². The number of carbonyl (C=O) groups excluding carboxylic acids is 2. The summed E-state index contributed by atoms with van der Waals surface area (Å²) in [5.74, 6) is 0.483. The molecule has 0 aliphatic heterocycles. The highest BCUT2D eigenvalue weighted by Crippen LogP contribution is 2.23. The van der Waals surface area contributed by atoms with Crippen molar-refractivity contribution in [3.05, 3.63) is 78.4 Å². The monoisotopic (exact) mass is 599 g/mol. The first-order chi connectivity index (χ1) is 17.2. The van der Waals surface area contributed by atoms with Gasteiger partial charge in [0.05, 0.1) is 21.8 Å². The SMILES string of the molecule is CC(I)C(=O)N(C)CCOc1ccc(C(=O)Nc2ccc(N=Nc3ccc(N(C)C)cc3)cc2)cc1. The highest BCUT2D eigenvalue weighted by Gasteiger charge is 2.14. The molecule has 0 aliphatic carbocycles. The van der Waals surface area contributed by atoms with Crippen LogP contribution >= 0.6 is 22.6 Å². The predicted molar refractivity (Wildman–Crippen MR) is 152 cm³/mol. The Labute approximate surface area is 225 Å². The number of carbonyl (C=O) groups is 2. The smallest absolute Gasteiger partial charge is 0.255 e. The molecule has 3 aromatic rings. The Morgan fingerprint density at radius 1 is 0.889 bits per heavy atom. The summed E-state index contributed by atoms with van der Waals surface area (Å²) in [4.78, 5) is 28.2. The maximum atomic E-state index is 12.6. The first-order valence-corrected chi connectivity index (χ1v) is 12.7. The molecule has 0 heterocycles. The molecule has 36 heavy (non-hydrogen) atoms.